The number of rotatable bonds is 9. The maximum Gasteiger partial charge on any atom is 0.193 e. The van der Waals surface area contributed by atoms with Crippen LogP contribution in [0.5, 0.6) is 11.5 Å². The highest BCUT2D eigenvalue weighted by atomic mass is 127. The molecule has 0 amide bonds. The SMILES string of the molecule is CCOc1ccc(OCC)c(NC(N)=NCC2CN(CC(C)C)CCO2)c1.I. The quantitative estimate of drug-likeness (QED) is 0.304. The zero-order valence-electron chi connectivity index (χ0n) is 17.4. The van der Waals surface area contributed by atoms with Gasteiger partial charge >= 0.3 is 0 Å². The molecule has 3 N–H and O–H groups in total. The first-order chi connectivity index (χ1) is 13.0. The number of aliphatic imine (C=N–C) groups is 1. The van der Waals surface area contributed by atoms with E-state index < -0.39 is 0 Å². The lowest BCUT2D eigenvalue weighted by molar-refractivity contribution is -0.0261. The Balaban J connectivity index is 0.00000392. The van der Waals surface area contributed by atoms with Gasteiger partial charge in [0.25, 0.3) is 0 Å². The summed E-state index contributed by atoms with van der Waals surface area (Å²) in [6.45, 7) is 13.8. The summed E-state index contributed by atoms with van der Waals surface area (Å²) in [5.74, 6) is 2.47. The predicted molar refractivity (Wildman–Crippen MR) is 125 cm³/mol. The Morgan fingerprint density at radius 2 is 2.07 bits per heavy atom. The molecule has 0 aliphatic carbocycles. The second-order valence-electron chi connectivity index (χ2n) is 7.02. The van der Waals surface area contributed by atoms with Crippen LogP contribution in [-0.4, -0.2) is 63.0 Å². The van der Waals surface area contributed by atoms with E-state index in [2.05, 4.69) is 29.1 Å². The summed E-state index contributed by atoms with van der Waals surface area (Å²) < 4.78 is 17.0. The molecule has 1 fully saturated rings. The van der Waals surface area contributed by atoms with Crippen LogP contribution in [0, 0.1) is 5.92 Å². The molecule has 7 nitrogen and oxygen atoms in total. The average Bonchev–Trinajstić information content (AvgIpc) is 2.62. The molecule has 0 spiro atoms. The summed E-state index contributed by atoms with van der Waals surface area (Å²) >= 11 is 0. The largest absolute Gasteiger partial charge is 0.494 e. The number of hydrogen-bond donors (Lipinski definition) is 2. The molecule has 1 aliphatic rings. The normalized spacial score (nSPS) is 17.9. The highest BCUT2D eigenvalue weighted by Gasteiger charge is 2.20. The van der Waals surface area contributed by atoms with E-state index in [1.54, 1.807) is 0 Å². The van der Waals surface area contributed by atoms with Gasteiger partial charge in [0.1, 0.15) is 11.5 Å². The molecule has 160 valence electrons. The van der Waals surface area contributed by atoms with E-state index in [0.717, 1.165) is 43.4 Å². The molecule has 8 heteroatoms. The van der Waals surface area contributed by atoms with E-state index in [0.29, 0.717) is 31.6 Å². The lowest BCUT2D eigenvalue weighted by Crippen LogP contribution is -2.45. The fourth-order valence-corrected chi connectivity index (χ4v) is 3.10. The Hall–Kier alpha value is -1.26. The number of guanidine groups is 1. The van der Waals surface area contributed by atoms with Crippen molar-refractivity contribution in [2.45, 2.75) is 33.8 Å². The molecule has 0 bridgehead atoms. The van der Waals surface area contributed by atoms with Crippen LogP contribution in [0.3, 0.4) is 0 Å². The summed E-state index contributed by atoms with van der Waals surface area (Å²) in [5.41, 5.74) is 6.85. The highest BCUT2D eigenvalue weighted by molar-refractivity contribution is 14.0. The topological polar surface area (TPSA) is 81.3 Å². The summed E-state index contributed by atoms with van der Waals surface area (Å²) in [7, 11) is 0. The van der Waals surface area contributed by atoms with Crippen LogP contribution in [0.1, 0.15) is 27.7 Å². The van der Waals surface area contributed by atoms with Crippen molar-refractivity contribution in [2.75, 3.05) is 51.3 Å². The van der Waals surface area contributed by atoms with Crippen molar-refractivity contribution in [3.63, 3.8) is 0 Å². The molecule has 0 radical (unpaired) electrons. The lowest BCUT2D eigenvalue weighted by Gasteiger charge is -2.33. The zero-order valence-corrected chi connectivity index (χ0v) is 19.8. The Morgan fingerprint density at radius 1 is 1.32 bits per heavy atom. The van der Waals surface area contributed by atoms with Gasteiger partial charge in [-0.1, -0.05) is 13.8 Å². The zero-order chi connectivity index (χ0) is 19.6. The average molecular weight is 506 g/mol. The van der Waals surface area contributed by atoms with E-state index in [1.165, 1.54) is 0 Å². The minimum atomic E-state index is 0. The maximum atomic E-state index is 6.10. The number of hydrogen-bond acceptors (Lipinski definition) is 5. The van der Waals surface area contributed by atoms with Crippen molar-refractivity contribution >= 4 is 35.6 Å². The first-order valence-electron chi connectivity index (χ1n) is 9.82. The third-order valence-corrected chi connectivity index (χ3v) is 4.14. The van der Waals surface area contributed by atoms with Gasteiger partial charge in [-0.25, -0.2) is 0 Å². The fraction of sp³-hybridized carbons (Fsp3) is 0.650. The van der Waals surface area contributed by atoms with Crippen LogP contribution in [0.4, 0.5) is 5.69 Å². The van der Waals surface area contributed by atoms with Gasteiger partial charge in [0.15, 0.2) is 5.96 Å². The highest BCUT2D eigenvalue weighted by Crippen LogP contribution is 2.29. The number of ether oxygens (including phenoxy) is 3. The van der Waals surface area contributed by atoms with Crippen molar-refractivity contribution < 1.29 is 14.2 Å². The van der Waals surface area contributed by atoms with E-state index in [4.69, 9.17) is 19.9 Å². The predicted octanol–water partition coefficient (Wildman–Crippen LogP) is 3.19. The molecule has 2 rings (SSSR count). The van der Waals surface area contributed by atoms with Crippen LogP contribution >= 0.6 is 24.0 Å². The number of nitrogens with one attached hydrogen (secondary N) is 1. The second-order valence-corrected chi connectivity index (χ2v) is 7.02. The van der Waals surface area contributed by atoms with E-state index in [-0.39, 0.29) is 30.1 Å². The van der Waals surface area contributed by atoms with Crippen LogP contribution in [0.15, 0.2) is 23.2 Å². The Kier molecular flexibility index (Phi) is 11.6. The summed E-state index contributed by atoms with van der Waals surface area (Å²) in [4.78, 5) is 6.90. The molecule has 1 aromatic rings. The van der Waals surface area contributed by atoms with E-state index >= 15 is 0 Å². The van der Waals surface area contributed by atoms with Gasteiger partial charge in [0.05, 0.1) is 38.2 Å². The monoisotopic (exact) mass is 506 g/mol. The third-order valence-electron chi connectivity index (χ3n) is 4.14. The number of nitrogens with two attached hydrogens (primary N) is 1. The first kappa shape index (κ1) is 24.8. The lowest BCUT2D eigenvalue weighted by atomic mass is 10.2. The number of benzene rings is 1. The van der Waals surface area contributed by atoms with Gasteiger partial charge in [-0.05, 0) is 31.9 Å². The first-order valence-corrected chi connectivity index (χ1v) is 9.82. The number of morpholine rings is 1. The molecular weight excluding hydrogens is 471 g/mol. The molecule has 0 saturated carbocycles. The standard InChI is InChI=1S/C20H34N4O3.HI/c1-5-25-16-7-8-19(26-6-2)18(11-16)23-20(21)22-12-17-14-24(9-10-27-17)13-15(3)4;/h7-8,11,15,17H,5-6,9-10,12-14H2,1-4H3,(H3,21,22,23);1H. The van der Waals surface area contributed by atoms with Crippen molar-refractivity contribution in [3.05, 3.63) is 18.2 Å². The Morgan fingerprint density at radius 3 is 2.75 bits per heavy atom. The van der Waals surface area contributed by atoms with Crippen molar-refractivity contribution in [2.24, 2.45) is 16.6 Å². The van der Waals surface area contributed by atoms with E-state index in [9.17, 15) is 0 Å². The van der Waals surface area contributed by atoms with Gasteiger partial charge in [0.2, 0.25) is 0 Å². The third kappa shape index (κ3) is 8.40. The fourth-order valence-electron chi connectivity index (χ4n) is 3.10. The molecule has 1 aliphatic heterocycles. The molecular formula is C20H35IN4O3. The van der Waals surface area contributed by atoms with Gasteiger partial charge in [-0.15, -0.1) is 24.0 Å². The molecule has 28 heavy (non-hydrogen) atoms. The molecule has 0 aromatic heterocycles. The van der Waals surface area contributed by atoms with Gasteiger partial charge in [-0.3, -0.25) is 9.89 Å². The van der Waals surface area contributed by atoms with Crippen molar-refractivity contribution in [1.82, 2.24) is 4.90 Å². The van der Waals surface area contributed by atoms with Gasteiger partial charge in [0, 0.05) is 25.7 Å². The number of nitrogens with zero attached hydrogens (tertiary/aromatic N) is 2. The van der Waals surface area contributed by atoms with Gasteiger partial charge in [-0.2, -0.15) is 0 Å². The Bertz CT molecular complexity index is 613. The molecule has 1 heterocycles. The summed E-state index contributed by atoms with van der Waals surface area (Å²) in [6, 6.07) is 5.63. The van der Waals surface area contributed by atoms with Crippen LogP contribution < -0.4 is 20.5 Å². The number of anilines is 1. The Labute approximate surface area is 186 Å². The van der Waals surface area contributed by atoms with Crippen molar-refractivity contribution in [3.8, 4) is 11.5 Å². The van der Waals surface area contributed by atoms with Crippen LogP contribution in [-0.2, 0) is 4.74 Å². The van der Waals surface area contributed by atoms with Crippen molar-refractivity contribution in [1.29, 1.82) is 0 Å². The van der Waals surface area contributed by atoms with Gasteiger partial charge < -0.3 is 25.3 Å². The smallest absolute Gasteiger partial charge is 0.193 e. The molecule has 1 unspecified atom stereocenters. The maximum absolute atomic E-state index is 6.10. The minimum Gasteiger partial charge on any atom is -0.494 e. The summed E-state index contributed by atoms with van der Waals surface area (Å²) in [6.07, 6.45) is 0.0685. The molecule has 1 aromatic carbocycles. The van der Waals surface area contributed by atoms with Crippen LogP contribution in [0.2, 0.25) is 0 Å². The molecule has 1 atom stereocenters. The van der Waals surface area contributed by atoms with Crippen LogP contribution in [0.25, 0.3) is 0 Å². The molecule has 1 saturated heterocycles. The van der Waals surface area contributed by atoms with E-state index in [1.807, 2.05) is 32.0 Å². The summed E-state index contributed by atoms with van der Waals surface area (Å²) in [5, 5.41) is 3.13. The number of halogens is 1. The second kappa shape index (κ2) is 13.1. The minimum absolute atomic E-state index is 0.